The van der Waals surface area contributed by atoms with E-state index in [9.17, 15) is 0 Å². The number of fused-ring (bicyclic) bond motifs is 1. The van der Waals surface area contributed by atoms with E-state index in [1.54, 1.807) is 0 Å². The van der Waals surface area contributed by atoms with E-state index in [1.807, 2.05) is 0 Å². The Balaban J connectivity index is 1.22. The molecule has 0 atom stereocenters. The van der Waals surface area contributed by atoms with Crippen molar-refractivity contribution < 1.29 is 0 Å². The molecule has 0 spiro atoms. The summed E-state index contributed by atoms with van der Waals surface area (Å²) in [6, 6.07) is 11.4. The number of hydrogen-bond acceptors (Lipinski definition) is 3. The maximum absolute atomic E-state index is 4.73. The first-order valence-corrected chi connectivity index (χ1v) is 11.7. The van der Waals surface area contributed by atoms with Crippen LogP contribution in [-0.4, -0.2) is 58.3 Å². The van der Waals surface area contributed by atoms with Gasteiger partial charge in [-0.2, -0.15) is 5.10 Å². The van der Waals surface area contributed by atoms with Gasteiger partial charge in [0.25, 0.3) is 0 Å². The molecular formula is C25H34N4. The van der Waals surface area contributed by atoms with Crippen LogP contribution >= 0.6 is 0 Å². The number of piperazine rings is 1. The standard InChI is InChI=1S/C25H34N4/c1-3-9-22(10-4-1)28-18-16-27(17-19-28)15-14-21-8-7-13-25-24(21)20-26-29(25)23-11-5-2-6-12-23/h2,5-6,11-12,14,20,22H,1,3-4,7-10,13,15-19H2/b21-14-. The van der Waals surface area contributed by atoms with Crippen LogP contribution in [0.1, 0.15) is 56.2 Å². The Morgan fingerprint density at radius 2 is 1.69 bits per heavy atom. The third-order valence-corrected chi connectivity index (χ3v) is 7.17. The highest BCUT2D eigenvalue weighted by Crippen LogP contribution is 2.32. The highest BCUT2D eigenvalue weighted by molar-refractivity contribution is 5.69. The third-order valence-electron chi connectivity index (χ3n) is 7.17. The lowest BCUT2D eigenvalue weighted by Gasteiger charge is -2.40. The van der Waals surface area contributed by atoms with Crippen molar-refractivity contribution in [3.8, 4) is 5.69 Å². The number of aromatic nitrogens is 2. The molecule has 1 aromatic carbocycles. The normalized spacial score (nSPS) is 23.4. The van der Waals surface area contributed by atoms with Crippen LogP contribution in [-0.2, 0) is 6.42 Å². The molecule has 4 nitrogen and oxygen atoms in total. The fourth-order valence-electron chi connectivity index (χ4n) is 5.46. The van der Waals surface area contributed by atoms with Gasteiger partial charge in [-0.15, -0.1) is 0 Å². The van der Waals surface area contributed by atoms with Gasteiger partial charge < -0.3 is 0 Å². The summed E-state index contributed by atoms with van der Waals surface area (Å²) in [5.74, 6) is 0. The summed E-state index contributed by atoms with van der Waals surface area (Å²) in [6.45, 7) is 6.03. The predicted molar refractivity (Wildman–Crippen MR) is 119 cm³/mol. The van der Waals surface area contributed by atoms with E-state index in [4.69, 9.17) is 5.10 Å². The van der Waals surface area contributed by atoms with E-state index < -0.39 is 0 Å². The fourth-order valence-corrected chi connectivity index (χ4v) is 5.46. The van der Waals surface area contributed by atoms with Crippen molar-refractivity contribution in [2.75, 3.05) is 32.7 Å². The number of benzene rings is 1. The summed E-state index contributed by atoms with van der Waals surface area (Å²) in [4.78, 5) is 5.41. The number of hydrogen-bond donors (Lipinski definition) is 0. The van der Waals surface area contributed by atoms with Crippen LogP contribution in [0.5, 0.6) is 0 Å². The van der Waals surface area contributed by atoms with Crippen molar-refractivity contribution >= 4 is 5.57 Å². The van der Waals surface area contributed by atoms with Gasteiger partial charge in [0.2, 0.25) is 0 Å². The lowest BCUT2D eigenvalue weighted by molar-refractivity contribution is 0.0847. The molecule has 154 valence electrons. The second-order valence-corrected chi connectivity index (χ2v) is 8.96. The van der Waals surface area contributed by atoms with E-state index in [0.717, 1.165) is 19.0 Å². The zero-order valence-electron chi connectivity index (χ0n) is 17.6. The van der Waals surface area contributed by atoms with Gasteiger partial charge in [0.05, 0.1) is 17.6 Å². The van der Waals surface area contributed by atoms with E-state index in [1.165, 1.54) is 93.6 Å². The van der Waals surface area contributed by atoms with Crippen LogP contribution in [0, 0.1) is 0 Å². The topological polar surface area (TPSA) is 24.3 Å². The number of allylic oxidation sites excluding steroid dienone is 1. The maximum atomic E-state index is 4.73. The number of para-hydroxylation sites is 1. The van der Waals surface area contributed by atoms with Gasteiger partial charge in [0.1, 0.15) is 0 Å². The first-order chi connectivity index (χ1) is 14.4. The average Bonchev–Trinajstić information content (AvgIpc) is 3.24. The molecule has 4 heteroatoms. The van der Waals surface area contributed by atoms with Gasteiger partial charge in [-0.05, 0) is 49.8 Å². The largest absolute Gasteiger partial charge is 0.298 e. The lowest BCUT2D eigenvalue weighted by Crippen LogP contribution is -2.50. The third kappa shape index (κ3) is 4.19. The zero-order chi connectivity index (χ0) is 19.5. The second kappa shape index (κ2) is 8.85. The highest BCUT2D eigenvalue weighted by atomic mass is 15.3. The van der Waals surface area contributed by atoms with Crippen LogP contribution < -0.4 is 0 Å². The molecule has 5 rings (SSSR count). The summed E-state index contributed by atoms with van der Waals surface area (Å²) in [5, 5.41) is 4.73. The fraction of sp³-hybridized carbons (Fsp3) is 0.560. The molecule has 0 amide bonds. The van der Waals surface area contributed by atoms with Crippen LogP contribution in [0.25, 0.3) is 11.3 Å². The summed E-state index contributed by atoms with van der Waals surface area (Å²) in [6.07, 6.45) is 15.3. The molecular weight excluding hydrogens is 356 g/mol. The lowest BCUT2D eigenvalue weighted by atomic mass is 9.92. The summed E-state index contributed by atoms with van der Waals surface area (Å²) >= 11 is 0. The van der Waals surface area contributed by atoms with Crippen LogP contribution in [0.15, 0.2) is 42.6 Å². The van der Waals surface area contributed by atoms with Crippen molar-refractivity contribution in [2.45, 2.75) is 57.4 Å². The van der Waals surface area contributed by atoms with Gasteiger partial charge in [0, 0.05) is 44.3 Å². The van der Waals surface area contributed by atoms with Crippen molar-refractivity contribution in [2.24, 2.45) is 0 Å². The minimum absolute atomic E-state index is 0.869. The van der Waals surface area contributed by atoms with E-state index in [2.05, 4.69) is 57.1 Å². The molecule has 1 saturated carbocycles. The Labute approximate surface area is 175 Å². The van der Waals surface area contributed by atoms with E-state index in [-0.39, 0.29) is 0 Å². The molecule has 2 fully saturated rings. The molecule has 3 aliphatic rings. The van der Waals surface area contributed by atoms with Crippen molar-refractivity contribution in [3.05, 3.63) is 53.9 Å². The summed E-state index contributed by atoms with van der Waals surface area (Å²) in [7, 11) is 0. The molecule has 2 aliphatic carbocycles. The van der Waals surface area contributed by atoms with E-state index in [0.29, 0.717) is 0 Å². The number of nitrogens with zero attached hydrogens (tertiary/aromatic N) is 4. The molecule has 2 heterocycles. The van der Waals surface area contributed by atoms with Gasteiger partial charge in [-0.3, -0.25) is 9.80 Å². The average molecular weight is 391 g/mol. The summed E-state index contributed by atoms with van der Waals surface area (Å²) < 4.78 is 2.14. The molecule has 0 N–H and O–H groups in total. The van der Waals surface area contributed by atoms with Gasteiger partial charge in [0.15, 0.2) is 0 Å². The van der Waals surface area contributed by atoms with Crippen molar-refractivity contribution in [1.29, 1.82) is 0 Å². The Morgan fingerprint density at radius 1 is 0.897 bits per heavy atom. The first-order valence-electron chi connectivity index (χ1n) is 11.7. The Hall–Kier alpha value is -1.91. The molecule has 0 bridgehead atoms. The van der Waals surface area contributed by atoms with Crippen LogP contribution in [0.2, 0.25) is 0 Å². The minimum atomic E-state index is 0.869. The second-order valence-electron chi connectivity index (χ2n) is 8.96. The zero-order valence-corrected chi connectivity index (χ0v) is 17.6. The smallest absolute Gasteiger partial charge is 0.0649 e. The van der Waals surface area contributed by atoms with Gasteiger partial charge >= 0.3 is 0 Å². The monoisotopic (exact) mass is 390 g/mol. The van der Waals surface area contributed by atoms with Gasteiger partial charge in [-0.1, -0.05) is 43.5 Å². The van der Waals surface area contributed by atoms with Crippen molar-refractivity contribution in [3.63, 3.8) is 0 Å². The van der Waals surface area contributed by atoms with Gasteiger partial charge in [-0.25, -0.2) is 4.68 Å². The molecule has 1 aliphatic heterocycles. The maximum Gasteiger partial charge on any atom is 0.0649 e. The Bertz CT molecular complexity index is 824. The van der Waals surface area contributed by atoms with Crippen LogP contribution in [0.4, 0.5) is 0 Å². The predicted octanol–water partition coefficient (Wildman–Crippen LogP) is 4.54. The molecule has 0 radical (unpaired) electrons. The van der Waals surface area contributed by atoms with Crippen LogP contribution in [0.3, 0.4) is 0 Å². The minimum Gasteiger partial charge on any atom is -0.298 e. The molecule has 2 aromatic rings. The Kier molecular flexibility index (Phi) is 5.82. The first kappa shape index (κ1) is 19.1. The van der Waals surface area contributed by atoms with E-state index >= 15 is 0 Å². The van der Waals surface area contributed by atoms with Crippen molar-refractivity contribution in [1.82, 2.24) is 19.6 Å². The molecule has 0 unspecified atom stereocenters. The molecule has 29 heavy (non-hydrogen) atoms. The summed E-state index contributed by atoms with van der Waals surface area (Å²) in [5.41, 5.74) is 5.44. The molecule has 1 saturated heterocycles. The highest BCUT2D eigenvalue weighted by Gasteiger charge is 2.25. The SMILES string of the molecule is C(/CN1CCN(C2CCCCC2)CC1)=C1\CCCc2c1cnn2-c1ccccc1. The molecule has 1 aromatic heterocycles. The number of rotatable bonds is 4. The Morgan fingerprint density at radius 3 is 2.48 bits per heavy atom. The quantitative estimate of drug-likeness (QED) is 0.766.